The summed E-state index contributed by atoms with van der Waals surface area (Å²) in [4.78, 5) is 0. The van der Waals surface area contributed by atoms with Gasteiger partial charge in [0.05, 0.1) is 0 Å². The lowest BCUT2D eigenvalue weighted by Gasteiger charge is -2.37. The van der Waals surface area contributed by atoms with Crippen molar-refractivity contribution < 1.29 is 0 Å². The second-order valence-corrected chi connectivity index (χ2v) is 18.9. The van der Waals surface area contributed by atoms with E-state index in [1.54, 1.807) is 49.3 Å². The maximum Gasteiger partial charge on any atom is 0.0136 e. The van der Waals surface area contributed by atoms with Gasteiger partial charge in [0.2, 0.25) is 0 Å². The highest BCUT2D eigenvalue weighted by atomic mass is 127. The molecule has 3 rings (SSSR count). The van der Waals surface area contributed by atoms with Crippen molar-refractivity contribution in [3.05, 3.63) is 84.5 Å². The van der Waals surface area contributed by atoms with E-state index < -0.39 is 7.92 Å². The lowest BCUT2D eigenvalue weighted by atomic mass is 9.89. The molecule has 44 heavy (non-hydrogen) atoms. The van der Waals surface area contributed by atoms with Gasteiger partial charge in [-0.3, -0.25) is 0 Å². The standard InChI is InChI=1S/C42H62IP/c1-23(2)31-17-34(25(5)6)40(35(18-31)26(7)8)44(42-38(29(13)14)21-33(43)22-39(42)30(15)16)41-36(27(9)10)19-32(24(3)4)20-37(41)28(11)12/h17-30H,1-16H3. The van der Waals surface area contributed by atoms with Crippen LogP contribution >= 0.6 is 30.5 Å². The summed E-state index contributed by atoms with van der Waals surface area (Å²) >= 11 is 2.57. The summed E-state index contributed by atoms with van der Waals surface area (Å²) in [6, 6.07) is 15.4. The van der Waals surface area contributed by atoms with Crippen molar-refractivity contribution in [2.24, 2.45) is 0 Å². The Hall–Kier alpha value is -1.18. The predicted molar refractivity (Wildman–Crippen MR) is 211 cm³/mol. The van der Waals surface area contributed by atoms with Gasteiger partial charge in [0.15, 0.2) is 0 Å². The molecule has 0 atom stereocenters. The summed E-state index contributed by atoms with van der Waals surface area (Å²) in [7, 11) is -0.844. The lowest BCUT2D eigenvalue weighted by Crippen LogP contribution is -2.35. The van der Waals surface area contributed by atoms with Crippen LogP contribution in [0.3, 0.4) is 0 Å². The molecule has 0 radical (unpaired) electrons. The Kier molecular flexibility index (Phi) is 12.8. The first-order valence-corrected chi connectivity index (χ1v) is 19.8. The second kappa shape index (κ2) is 15.2. The summed E-state index contributed by atoms with van der Waals surface area (Å²) in [5, 5.41) is 4.91. The van der Waals surface area contributed by atoms with Crippen LogP contribution in [0.25, 0.3) is 0 Å². The fourth-order valence-electron chi connectivity index (χ4n) is 6.47. The molecule has 0 bridgehead atoms. The normalized spacial score (nSPS) is 12.7. The molecule has 0 fully saturated rings. The molecular formula is C42H62IP. The number of hydrogen-bond acceptors (Lipinski definition) is 0. The van der Waals surface area contributed by atoms with Gasteiger partial charge in [0.25, 0.3) is 0 Å². The molecule has 0 aliphatic carbocycles. The number of benzene rings is 3. The molecule has 242 valence electrons. The average Bonchev–Trinajstić information content (AvgIpc) is 2.92. The molecule has 0 aliphatic rings. The topological polar surface area (TPSA) is 0 Å². The zero-order valence-corrected chi connectivity index (χ0v) is 34.0. The zero-order valence-electron chi connectivity index (χ0n) is 30.9. The highest BCUT2D eigenvalue weighted by molar-refractivity contribution is 14.1. The molecule has 0 nitrogen and oxygen atoms in total. The SMILES string of the molecule is CC(C)c1cc(C(C)C)c(P(c2c(C(C)C)cc(I)cc2C(C)C)c2c(C(C)C)cc(C(C)C)cc2C(C)C)c(C(C)C)c1. The van der Waals surface area contributed by atoms with E-state index in [-0.39, 0.29) is 0 Å². The summed E-state index contributed by atoms with van der Waals surface area (Å²) in [6.07, 6.45) is 0. The van der Waals surface area contributed by atoms with Crippen LogP contribution in [0.5, 0.6) is 0 Å². The number of rotatable bonds is 11. The fraction of sp³-hybridized carbons (Fsp3) is 0.571. The third-order valence-corrected chi connectivity index (χ3v) is 12.8. The largest absolute Gasteiger partial charge is 0.0587 e. The monoisotopic (exact) mass is 724 g/mol. The van der Waals surface area contributed by atoms with Crippen LogP contribution < -0.4 is 15.9 Å². The van der Waals surface area contributed by atoms with Gasteiger partial charge in [-0.1, -0.05) is 135 Å². The molecule has 0 spiro atoms. The van der Waals surface area contributed by atoms with Crippen LogP contribution in [0.2, 0.25) is 0 Å². The van der Waals surface area contributed by atoms with Gasteiger partial charge >= 0.3 is 0 Å². The maximum atomic E-state index is 2.59. The third-order valence-electron chi connectivity index (χ3n) is 9.25. The third kappa shape index (κ3) is 7.85. The van der Waals surface area contributed by atoms with Gasteiger partial charge in [0.1, 0.15) is 0 Å². The number of hydrogen-bond donors (Lipinski definition) is 0. The molecule has 0 unspecified atom stereocenters. The molecule has 3 aromatic rings. The van der Waals surface area contributed by atoms with E-state index >= 15 is 0 Å². The molecule has 0 aromatic heterocycles. The molecule has 0 N–H and O–H groups in total. The minimum atomic E-state index is -0.844. The van der Waals surface area contributed by atoms with Crippen LogP contribution in [0, 0.1) is 3.57 Å². The van der Waals surface area contributed by atoms with Gasteiger partial charge in [0, 0.05) is 3.57 Å². The van der Waals surface area contributed by atoms with Crippen LogP contribution in [-0.2, 0) is 0 Å². The van der Waals surface area contributed by atoms with Crippen molar-refractivity contribution in [1.82, 2.24) is 0 Å². The fourth-order valence-corrected chi connectivity index (χ4v) is 11.3. The van der Waals surface area contributed by atoms with Gasteiger partial charge < -0.3 is 0 Å². The van der Waals surface area contributed by atoms with Crippen molar-refractivity contribution in [3.63, 3.8) is 0 Å². The molecule has 0 saturated heterocycles. The van der Waals surface area contributed by atoms with Crippen molar-refractivity contribution >= 4 is 46.4 Å². The summed E-state index contributed by atoms with van der Waals surface area (Å²) < 4.78 is 1.36. The predicted octanol–water partition coefficient (Wildman–Crippen LogP) is 13.0. The quantitative estimate of drug-likeness (QED) is 0.136. The molecule has 2 heteroatoms. The molecular weight excluding hydrogens is 662 g/mol. The number of halogens is 1. The lowest BCUT2D eigenvalue weighted by molar-refractivity contribution is 0.811. The summed E-state index contributed by atoms with van der Waals surface area (Å²) in [5.41, 5.74) is 12.3. The van der Waals surface area contributed by atoms with Gasteiger partial charge in [-0.15, -0.1) is 0 Å². The highest BCUT2D eigenvalue weighted by Gasteiger charge is 2.35. The van der Waals surface area contributed by atoms with E-state index in [9.17, 15) is 0 Å². The van der Waals surface area contributed by atoms with E-state index in [1.165, 1.54) is 14.7 Å². The van der Waals surface area contributed by atoms with Gasteiger partial charge in [-0.25, -0.2) is 0 Å². The van der Waals surface area contributed by atoms with E-state index in [1.807, 2.05) is 0 Å². The Balaban J connectivity index is 2.82. The average molecular weight is 725 g/mol. The van der Waals surface area contributed by atoms with E-state index in [2.05, 4.69) is 170 Å². The molecule has 0 aliphatic heterocycles. The van der Waals surface area contributed by atoms with E-state index in [0.29, 0.717) is 47.3 Å². The minimum absolute atomic E-state index is 0.444. The second-order valence-electron chi connectivity index (χ2n) is 15.6. The Morgan fingerprint density at radius 1 is 0.341 bits per heavy atom. The summed E-state index contributed by atoms with van der Waals surface area (Å²) in [5.74, 6) is 3.68. The van der Waals surface area contributed by atoms with Gasteiger partial charge in [-0.05, 0) is 150 Å². The maximum absolute atomic E-state index is 2.59. The van der Waals surface area contributed by atoms with Crippen LogP contribution in [0.1, 0.15) is 203 Å². The Labute approximate surface area is 287 Å². The zero-order chi connectivity index (χ0) is 33.4. The first-order valence-electron chi connectivity index (χ1n) is 17.4. The molecule has 0 saturated carbocycles. The Bertz CT molecular complexity index is 1270. The van der Waals surface area contributed by atoms with Crippen molar-refractivity contribution in [3.8, 4) is 0 Å². The Morgan fingerprint density at radius 2 is 0.545 bits per heavy atom. The van der Waals surface area contributed by atoms with Crippen molar-refractivity contribution in [1.29, 1.82) is 0 Å². The smallest absolute Gasteiger partial charge is 0.0136 e. The van der Waals surface area contributed by atoms with E-state index in [4.69, 9.17) is 0 Å². The van der Waals surface area contributed by atoms with Gasteiger partial charge in [-0.2, -0.15) is 0 Å². The van der Waals surface area contributed by atoms with Crippen molar-refractivity contribution in [2.45, 2.75) is 158 Å². The minimum Gasteiger partial charge on any atom is -0.0587 e. The van der Waals surface area contributed by atoms with Crippen LogP contribution in [0.15, 0.2) is 36.4 Å². The molecule has 3 aromatic carbocycles. The molecule has 0 heterocycles. The first-order chi connectivity index (χ1) is 20.4. The van der Waals surface area contributed by atoms with Crippen LogP contribution in [0.4, 0.5) is 0 Å². The van der Waals surface area contributed by atoms with E-state index in [0.717, 1.165) is 0 Å². The summed E-state index contributed by atoms with van der Waals surface area (Å²) in [6.45, 7) is 38.5. The Morgan fingerprint density at radius 3 is 0.727 bits per heavy atom. The molecule has 0 amide bonds. The van der Waals surface area contributed by atoms with Crippen molar-refractivity contribution in [2.75, 3.05) is 0 Å². The first kappa shape index (κ1) is 37.3. The highest BCUT2D eigenvalue weighted by Crippen LogP contribution is 2.48. The van der Waals surface area contributed by atoms with Crippen LogP contribution in [-0.4, -0.2) is 0 Å².